The van der Waals surface area contributed by atoms with E-state index in [-0.39, 0.29) is 12.6 Å². The number of ether oxygens (including phenoxy) is 1. The smallest absolute Gasteiger partial charge is 0.122 e. The normalized spacial score (nSPS) is 16.5. The molecule has 13 heavy (non-hydrogen) atoms. The van der Waals surface area contributed by atoms with Crippen LogP contribution in [0, 0.1) is 0 Å². The second-order valence-electron chi connectivity index (χ2n) is 3.25. The lowest BCUT2D eigenvalue weighted by Crippen LogP contribution is -2.14. The molecule has 1 aliphatic heterocycles. The second-order valence-corrected chi connectivity index (χ2v) is 3.25. The van der Waals surface area contributed by atoms with E-state index in [4.69, 9.17) is 15.6 Å². The monoisotopic (exact) mass is 179 g/mol. The van der Waals surface area contributed by atoms with E-state index in [1.807, 2.05) is 18.2 Å². The maximum absolute atomic E-state index is 8.88. The largest absolute Gasteiger partial charge is 0.493 e. The van der Waals surface area contributed by atoms with E-state index in [2.05, 4.69) is 0 Å². The van der Waals surface area contributed by atoms with Gasteiger partial charge in [-0.3, -0.25) is 0 Å². The molecule has 0 spiro atoms. The van der Waals surface area contributed by atoms with Crippen LogP contribution < -0.4 is 10.5 Å². The third-order valence-electron chi connectivity index (χ3n) is 2.34. The average Bonchev–Trinajstić information content (AvgIpc) is 2.63. The van der Waals surface area contributed by atoms with Crippen molar-refractivity contribution in [1.82, 2.24) is 0 Å². The molecular formula is C10H13NO2. The molecule has 0 unspecified atom stereocenters. The van der Waals surface area contributed by atoms with Gasteiger partial charge in [-0.15, -0.1) is 0 Å². The first-order chi connectivity index (χ1) is 6.31. The van der Waals surface area contributed by atoms with Crippen LogP contribution in [0.25, 0.3) is 0 Å². The van der Waals surface area contributed by atoms with E-state index in [9.17, 15) is 0 Å². The van der Waals surface area contributed by atoms with Gasteiger partial charge < -0.3 is 15.6 Å². The van der Waals surface area contributed by atoms with Gasteiger partial charge in [0.05, 0.1) is 19.3 Å². The number of nitrogens with two attached hydrogens (primary N) is 1. The van der Waals surface area contributed by atoms with Gasteiger partial charge in [-0.25, -0.2) is 0 Å². The molecule has 2 rings (SSSR count). The first kappa shape index (κ1) is 8.53. The highest BCUT2D eigenvalue weighted by Crippen LogP contribution is 2.27. The van der Waals surface area contributed by atoms with Crippen molar-refractivity contribution in [1.29, 1.82) is 0 Å². The van der Waals surface area contributed by atoms with E-state index < -0.39 is 0 Å². The summed E-state index contributed by atoms with van der Waals surface area (Å²) in [5, 5.41) is 8.88. The minimum atomic E-state index is -0.272. The molecule has 1 aliphatic rings. The number of hydrogen-bond acceptors (Lipinski definition) is 3. The molecule has 1 atom stereocenters. The lowest BCUT2D eigenvalue weighted by atomic mass is 10.0. The van der Waals surface area contributed by atoms with Gasteiger partial charge in [0, 0.05) is 6.42 Å². The van der Waals surface area contributed by atoms with Gasteiger partial charge in [0.15, 0.2) is 0 Å². The van der Waals surface area contributed by atoms with Gasteiger partial charge >= 0.3 is 0 Å². The number of hydrogen-bond donors (Lipinski definition) is 2. The molecule has 0 saturated heterocycles. The summed E-state index contributed by atoms with van der Waals surface area (Å²) in [7, 11) is 0. The lowest BCUT2D eigenvalue weighted by molar-refractivity contribution is 0.268. The Hall–Kier alpha value is -1.06. The predicted molar refractivity (Wildman–Crippen MR) is 49.7 cm³/mol. The van der Waals surface area contributed by atoms with E-state index in [1.165, 1.54) is 5.56 Å². The Bertz CT molecular complexity index is 312. The minimum Gasteiger partial charge on any atom is -0.493 e. The van der Waals surface area contributed by atoms with Gasteiger partial charge in [-0.2, -0.15) is 0 Å². The lowest BCUT2D eigenvalue weighted by Gasteiger charge is -2.09. The topological polar surface area (TPSA) is 55.5 Å². The van der Waals surface area contributed by atoms with Gasteiger partial charge in [0.25, 0.3) is 0 Å². The van der Waals surface area contributed by atoms with Crippen molar-refractivity contribution in [3.63, 3.8) is 0 Å². The maximum Gasteiger partial charge on any atom is 0.122 e. The summed E-state index contributed by atoms with van der Waals surface area (Å²) >= 11 is 0. The molecule has 0 amide bonds. The Morgan fingerprint density at radius 1 is 1.54 bits per heavy atom. The molecule has 0 bridgehead atoms. The Morgan fingerprint density at radius 3 is 3.15 bits per heavy atom. The third-order valence-corrected chi connectivity index (χ3v) is 2.34. The maximum atomic E-state index is 8.88. The van der Waals surface area contributed by atoms with Crippen LogP contribution >= 0.6 is 0 Å². The zero-order valence-electron chi connectivity index (χ0n) is 7.36. The summed E-state index contributed by atoms with van der Waals surface area (Å²) in [4.78, 5) is 0. The van der Waals surface area contributed by atoms with E-state index in [0.29, 0.717) is 0 Å². The summed E-state index contributed by atoms with van der Waals surface area (Å²) in [5.74, 6) is 0.953. The fourth-order valence-electron chi connectivity index (χ4n) is 1.54. The van der Waals surface area contributed by atoms with Crippen molar-refractivity contribution in [2.24, 2.45) is 5.73 Å². The molecule has 0 aromatic heterocycles. The minimum absolute atomic E-state index is 0.0142. The average molecular weight is 179 g/mol. The first-order valence-corrected chi connectivity index (χ1v) is 4.43. The molecule has 70 valence electrons. The zero-order chi connectivity index (χ0) is 9.26. The van der Waals surface area contributed by atoms with E-state index in [1.54, 1.807) is 0 Å². The van der Waals surface area contributed by atoms with E-state index >= 15 is 0 Å². The third kappa shape index (κ3) is 1.53. The van der Waals surface area contributed by atoms with Gasteiger partial charge in [-0.05, 0) is 17.2 Å². The molecule has 0 fully saturated rings. The SMILES string of the molecule is N[C@H](CO)c1ccc2c(c1)CCO2. The first-order valence-electron chi connectivity index (χ1n) is 4.43. The Morgan fingerprint density at radius 2 is 2.38 bits per heavy atom. The van der Waals surface area contributed by atoms with Crippen molar-refractivity contribution < 1.29 is 9.84 Å². The van der Waals surface area contributed by atoms with Crippen molar-refractivity contribution >= 4 is 0 Å². The number of benzene rings is 1. The molecule has 3 nitrogen and oxygen atoms in total. The summed E-state index contributed by atoms with van der Waals surface area (Å²) in [6.07, 6.45) is 0.946. The fraction of sp³-hybridized carbons (Fsp3) is 0.400. The van der Waals surface area contributed by atoms with E-state index in [0.717, 1.165) is 24.3 Å². The van der Waals surface area contributed by atoms with Crippen LogP contribution in [-0.4, -0.2) is 18.3 Å². The van der Waals surface area contributed by atoms with Crippen LogP contribution in [-0.2, 0) is 6.42 Å². The summed E-state index contributed by atoms with van der Waals surface area (Å²) in [6, 6.07) is 5.58. The van der Waals surface area contributed by atoms with Crippen LogP contribution in [0.4, 0.5) is 0 Å². The van der Waals surface area contributed by atoms with Crippen LogP contribution in [0.2, 0.25) is 0 Å². The van der Waals surface area contributed by atoms with Crippen LogP contribution in [0.3, 0.4) is 0 Å². The Balaban J connectivity index is 2.30. The molecule has 0 saturated carbocycles. The Kier molecular flexibility index (Phi) is 2.20. The zero-order valence-corrected chi connectivity index (χ0v) is 7.36. The predicted octanol–water partition coefficient (Wildman–Crippen LogP) is 0.614. The summed E-state index contributed by atoms with van der Waals surface area (Å²) < 4.78 is 5.36. The van der Waals surface area contributed by atoms with Gasteiger partial charge in [-0.1, -0.05) is 12.1 Å². The molecular weight excluding hydrogens is 166 g/mol. The van der Waals surface area contributed by atoms with Crippen molar-refractivity contribution in [2.45, 2.75) is 12.5 Å². The number of fused-ring (bicyclic) bond motifs is 1. The molecule has 1 aromatic carbocycles. The van der Waals surface area contributed by atoms with Gasteiger partial charge in [0.2, 0.25) is 0 Å². The fourth-order valence-corrected chi connectivity index (χ4v) is 1.54. The van der Waals surface area contributed by atoms with Gasteiger partial charge in [0.1, 0.15) is 5.75 Å². The van der Waals surface area contributed by atoms with Crippen molar-refractivity contribution in [3.05, 3.63) is 29.3 Å². The highest BCUT2D eigenvalue weighted by Gasteiger charge is 2.13. The summed E-state index contributed by atoms with van der Waals surface area (Å²) in [5.41, 5.74) is 7.87. The molecule has 0 aliphatic carbocycles. The number of aliphatic hydroxyl groups excluding tert-OH is 1. The highest BCUT2D eigenvalue weighted by atomic mass is 16.5. The molecule has 1 aromatic rings. The molecule has 1 heterocycles. The second kappa shape index (κ2) is 3.36. The molecule has 0 radical (unpaired) electrons. The van der Waals surface area contributed by atoms with Crippen LogP contribution in [0.15, 0.2) is 18.2 Å². The van der Waals surface area contributed by atoms with Crippen LogP contribution in [0.1, 0.15) is 17.2 Å². The Labute approximate surface area is 77.1 Å². The van der Waals surface area contributed by atoms with Crippen molar-refractivity contribution in [2.75, 3.05) is 13.2 Å². The van der Waals surface area contributed by atoms with Crippen LogP contribution in [0.5, 0.6) is 5.75 Å². The number of rotatable bonds is 2. The standard InChI is InChI=1S/C10H13NO2/c11-9(6-12)7-1-2-10-8(5-7)3-4-13-10/h1-2,5,9,12H,3-4,6,11H2/t9-/m1/s1. The molecule has 3 N–H and O–H groups in total. The highest BCUT2D eigenvalue weighted by molar-refractivity contribution is 5.40. The number of aliphatic hydroxyl groups is 1. The molecule has 3 heteroatoms. The summed E-state index contributed by atoms with van der Waals surface area (Å²) in [6.45, 7) is 0.743. The quantitative estimate of drug-likeness (QED) is 0.699. The van der Waals surface area contributed by atoms with Crippen molar-refractivity contribution in [3.8, 4) is 5.75 Å².